The molecule has 1 fully saturated rings. The van der Waals surface area contributed by atoms with Crippen molar-refractivity contribution in [3.05, 3.63) is 29.3 Å². The van der Waals surface area contributed by atoms with Crippen LogP contribution in [0.5, 0.6) is 0 Å². The van der Waals surface area contributed by atoms with Gasteiger partial charge in [-0.2, -0.15) is 0 Å². The molecule has 0 saturated carbocycles. The number of amides is 3. The summed E-state index contributed by atoms with van der Waals surface area (Å²) < 4.78 is 5.18. The van der Waals surface area contributed by atoms with Crippen LogP contribution in [0, 0.1) is 12.8 Å². The summed E-state index contributed by atoms with van der Waals surface area (Å²) in [5.41, 5.74) is 2.25. The molecule has 1 aliphatic heterocycles. The molecule has 2 rings (SSSR count). The van der Waals surface area contributed by atoms with E-state index in [1.165, 1.54) is 6.42 Å². The lowest BCUT2D eigenvalue weighted by molar-refractivity contribution is 0.0683. The first kappa shape index (κ1) is 19.2. The summed E-state index contributed by atoms with van der Waals surface area (Å²) in [7, 11) is 0. The number of ether oxygens (including phenoxy) is 1. The van der Waals surface area contributed by atoms with Gasteiger partial charge in [0.2, 0.25) is 0 Å². The highest BCUT2D eigenvalue weighted by molar-refractivity contribution is 5.96. The molecule has 3 amide bonds. The van der Waals surface area contributed by atoms with Crippen molar-refractivity contribution >= 4 is 17.6 Å². The topological polar surface area (TPSA) is 70.7 Å². The Balaban J connectivity index is 1.93. The average Bonchev–Trinajstić information content (AvgIpc) is 2.60. The molecule has 1 saturated heterocycles. The summed E-state index contributed by atoms with van der Waals surface area (Å²) >= 11 is 0. The van der Waals surface area contributed by atoms with Crippen molar-refractivity contribution in [3.63, 3.8) is 0 Å². The first-order valence-corrected chi connectivity index (χ1v) is 9.03. The number of hydrogen-bond donors (Lipinski definition) is 2. The van der Waals surface area contributed by atoms with E-state index in [1.807, 2.05) is 24.8 Å². The molecule has 1 atom stereocenters. The molecular formula is C19H29N3O3. The number of anilines is 1. The quantitative estimate of drug-likeness (QED) is 0.777. The van der Waals surface area contributed by atoms with E-state index in [2.05, 4.69) is 17.6 Å². The van der Waals surface area contributed by atoms with Crippen molar-refractivity contribution in [3.8, 4) is 0 Å². The number of aryl methyl sites for hydroxylation is 1. The van der Waals surface area contributed by atoms with Gasteiger partial charge in [-0.25, -0.2) is 4.79 Å². The minimum absolute atomic E-state index is 0.0716. The van der Waals surface area contributed by atoms with Gasteiger partial charge in [0.1, 0.15) is 0 Å². The highest BCUT2D eigenvalue weighted by atomic mass is 16.5. The Morgan fingerprint density at radius 1 is 1.36 bits per heavy atom. The standard InChI is InChI=1S/C19H29N3O3/c1-4-25-11-9-20-19(24)21-17-8-7-16(12-15(17)3)18(23)22-10-5-6-14(2)13-22/h7-8,12,14H,4-6,9-11,13H2,1-3H3,(H2,20,21,24). The maximum absolute atomic E-state index is 12.6. The third-order valence-corrected chi connectivity index (χ3v) is 4.40. The number of benzene rings is 1. The van der Waals surface area contributed by atoms with Crippen LogP contribution < -0.4 is 10.6 Å². The maximum atomic E-state index is 12.6. The molecule has 138 valence electrons. The molecule has 0 aromatic heterocycles. The molecule has 6 heteroatoms. The summed E-state index contributed by atoms with van der Waals surface area (Å²) in [6.45, 7) is 9.22. The van der Waals surface area contributed by atoms with E-state index < -0.39 is 0 Å². The van der Waals surface area contributed by atoms with E-state index in [1.54, 1.807) is 12.1 Å². The van der Waals surface area contributed by atoms with Gasteiger partial charge in [-0.05, 0) is 56.4 Å². The highest BCUT2D eigenvalue weighted by Crippen LogP contribution is 2.21. The zero-order chi connectivity index (χ0) is 18.2. The molecule has 25 heavy (non-hydrogen) atoms. The van der Waals surface area contributed by atoms with Gasteiger partial charge in [0, 0.05) is 37.5 Å². The van der Waals surface area contributed by atoms with Crippen molar-refractivity contribution in [2.75, 3.05) is 38.2 Å². The van der Waals surface area contributed by atoms with E-state index in [4.69, 9.17) is 4.74 Å². The minimum Gasteiger partial charge on any atom is -0.380 e. The third kappa shape index (κ3) is 5.74. The van der Waals surface area contributed by atoms with Crippen molar-refractivity contribution in [2.45, 2.75) is 33.6 Å². The fraction of sp³-hybridized carbons (Fsp3) is 0.579. The van der Waals surface area contributed by atoms with E-state index in [9.17, 15) is 9.59 Å². The van der Waals surface area contributed by atoms with Crippen LogP contribution in [0.15, 0.2) is 18.2 Å². The van der Waals surface area contributed by atoms with Crippen LogP contribution in [-0.2, 0) is 4.74 Å². The minimum atomic E-state index is -0.272. The van der Waals surface area contributed by atoms with Gasteiger partial charge in [-0.1, -0.05) is 6.92 Å². The predicted octanol–water partition coefficient (Wildman–Crippen LogP) is 3.03. The second kappa shape index (κ2) is 9.42. The summed E-state index contributed by atoms with van der Waals surface area (Å²) in [5, 5.41) is 5.55. The van der Waals surface area contributed by atoms with Crippen molar-refractivity contribution in [2.24, 2.45) is 5.92 Å². The number of carbonyl (C=O) groups is 2. The lowest BCUT2D eigenvalue weighted by atomic mass is 9.99. The van der Waals surface area contributed by atoms with E-state index in [0.717, 1.165) is 25.1 Å². The maximum Gasteiger partial charge on any atom is 0.319 e. The lowest BCUT2D eigenvalue weighted by Crippen LogP contribution is -2.39. The van der Waals surface area contributed by atoms with Crippen LogP contribution in [0.4, 0.5) is 10.5 Å². The molecule has 0 bridgehead atoms. The molecule has 0 spiro atoms. The van der Waals surface area contributed by atoms with Crippen molar-refractivity contribution < 1.29 is 14.3 Å². The van der Waals surface area contributed by atoms with E-state index in [-0.39, 0.29) is 11.9 Å². The smallest absolute Gasteiger partial charge is 0.319 e. The summed E-state index contributed by atoms with van der Waals surface area (Å²) in [6, 6.07) is 5.15. The second-order valence-electron chi connectivity index (χ2n) is 6.61. The summed E-state index contributed by atoms with van der Waals surface area (Å²) in [6.07, 6.45) is 2.25. The lowest BCUT2D eigenvalue weighted by Gasteiger charge is -2.31. The molecule has 1 heterocycles. The van der Waals surface area contributed by atoms with Gasteiger partial charge in [0.05, 0.1) is 6.61 Å². The van der Waals surface area contributed by atoms with Gasteiger partial charge < -0.3 is 20.3 Å². The number of nitrogens with one attached hydrogen (secondary N) is 2. The van der Waals surface area contributed by atoms with Gasteiger partial charge in [-0.3, -0.25) is 4.79 Å². The Morgan fingerprint density at radius 3 is 2.84 bits per heavy atom. The van der Waals surface area contributed by atoms with Gasteiger partial charge in [-0.15, -0.1) is 0 Å². The molecule has 1 aromatic rings. The number of piperidine rings is 1. The zero-order valence-corrected chi connectivity index (χ0v) is 15.4. The van der Waals surface area contributed by atoms with Crippen LogP contribution in [0.25, 0.3) is 0 Å². The summed E-state index contributed by atoms with van der Waals surface area (Å²) in [5.74, 6) is 0.627. The third-order valence-electron chi connectivity index (χ3n) is 4.40. The first-order valence-electron chi connectivity index (χ1n) is 9.03. The van der Waals surface area contributed by atoms with E-state index >= 15 is 0 Å². The first-order chi connectivity index (χ1) is 12.0. The Hall–Kier alpha value is -2.08. The van der Waals surface area contributed by atoms with Crippen molar-refractivity contribution in [1.82, 2.24) is 10.2 Å². The zero-order valence-electron chi connectivity index (χ0n) is 15.4. The number of likely N-dealkylation sites (tertiary alicyclic amines) is 1. The highest BCUT2D eigenvalue weighted by Gasteiger charge is 2.22. The number of nitrogens with zero attached hydrogens (tertiary/aromatic N) is 1. The predicted molar refractivity (Wildman–Crippen MR) is 99.0 cm³/mol. The number of urea groups is 1. The number of hydrogen-bond acceptors (Lipinski definition) is 3. The fourth-order valence-corrected chi connectivity index (χ4v) is 3.04. The van der Waals surface area contributed by atoms with Crippen LogP contribution in [0.3, 0.4) is 0 Å². The molecule has 1 aliphatic rings. The molecule has 1 unspecified atom stereocenters. The largest absolute Gasteiger partial charge is 0.380 e. The molecule has 0 radical (unpaired) electrons. The SMILES string of the molecule is CCOCCNC(=O)Nc1ccc(C(=O)N2CCCC(C)C2)cc1C. The Morgan fingerprint density at radius 2 is 2.16 bits per heavy atom. The van der Waals surface area contributed by atoms with Crippen LogP contribution in [0.1, 0.15) is 42.6 Å². The molecule has 0 aliphatic carbocycles. The Bertz CT molecular complexity index is 604. The van der Waals surface area contributed by atoms with Crippen LogP contribution in [-0.4, -0.2) is 49.7 Å². The molecule has 2 N–H and O–H groups in total. The van der Waals surface area contributed by atoms with E-state index in [0.29, 0.717) is 36.9 Å². The Kier molecular flexibility index (Phi) is 7.25. The summed E-state index contributed by atoms with van der Waals surface area (Å²) in [4.78, 5) is 26.5. The van der Waals surface area contributed by atoms with Gasteiger partial charge >= 0.3 is 6.03 Å². The van der Waals surface area contributed by atoms with Gasteiger partial charge in [0.25, 0.3) is 5.91 Å². The molecular weight excluding hydrogens is 318 g/mol. The van der Waals surface area contributed by atoms with Crippen LogP contribution in [0.2, 0.25) is 0 Å². The molecule has 1 aromatic carbocycles. The number of rotatable bonds is 6. The fourth-order valence-electron chi connectivity index (χ4n) is 3.04. The van der Waals surface area contributed by atoms with Crippen LogP contribution >= 0.6 is 0 Å². The normalized spacial score (nSPS) is 17.2. The van der Waals surface area contributed by atoms with Gasteiger partial charge in [0.15, 0.2) is 0 Å². The average molecular weight is 347 g/mol. The molecule has 6 nitrogen and oxygen atoms in total. The number of carbonyl (C=O) groups excluding carboxylic acids is 2. The Labute approximate surface area is 149 Å². The van der Waals surface area contributed by atoms with Crippen molar-refractivity contribution in [1.29, 1.82) is 0 Å². The second-order valence-corrected chi connectivity index (χ2v) is 6.61. The monoisotopic (exact) mass is 347 g/mol.